The number of hydrogen-bond acceptors (Lipinski definition) is 2. The van der Waals surface area contributed by atoms with E-state index in [0.717, 1.165) is 120 Å². The molecule has 86 heavy (non-hydrogen) atoms. The molecule has 0 spiro atoms. The van der Waals surface area contributed by atoms with Crippen LogP contribution in [0.5, 0.6) is 0 Å². The molecule has 0 radical (unpaired) electrons. The minimum absolute atomic E-state index is 0. The van der Waals surface area contributed by atoms with Gasteiger partial charge in [-0.2, -0.15) is 18.2 Å². The Morgan fingerprint density at radius 3 is 1.76 bits per heavy atom. The van der Waals surface area contributed by atoms with Gasteiger partial charge >= 0.3 is 0 Å². The maximum Gasteiger partial charge on any atom is 0.268 e. The first kappa shape index (κ1) is 44.7. The fourth-order valence-electron chi connectivity index (χ4n) is 13.3. The summed E-state index contributed by atoms with van der Waals surface area (Å²) in [6.45, 7) is 0. The third-order valence-electron chi connectivity index (χ3n) is 16.9. The topological polar surface area (TPSA) is 47.8 Å². The number of rotatable bonds is 2. The molecule has 0 saturated heterocycles. The van der Waals surface area contributed by atoms with Gasteiger partial charge in [0.25, 0.3) is 6.33 Å². The Morgan fingerprint density at radius 1 is 0.407 bits per heavy atom. The smallest absolute Gasteiger partial charge is 0.268 e. The van der Waals surface area contributed by atoms with Crippen LogP contribution in [-0.4, -0.2) is 22.6 Å². The number of pyridine rings is 1. The van der Waals surface area contributed by atoms with Gasteiger partial charge < -0.3 is 22.0 Å². The van der Waals surface area contributed by atoms with Crippen LogP contribution in [0.2, 0.25) is 0 Å². The van der Waals surface area contributed by atoms with Crippen LogP contribution < -0.4 is 4.40 Å². The van der Waals surface area contributed by atoms with E-state index in [4.69, 9.17) is 16.3 Å². The standard InChI is InChI=1S/C78H46N6O.Pt/c1-3-19-50(20-4-1)52-39-43-71-74(45-52)80-49-81(71)76-57(51-21-5-2-6-22-51)30-16-31-64(76)58-25-7-8-26-59(58)65-32-17-33-66-61-28-11-14-37-70(61)84(77(65)66)72-38-18-34-67-62-29-10-12-35-68(62)82(78(67)72)54-40-44-75(79-48-54)83-69-36-13-9-27-60(69)63-42-41-56(47-73(63)83)85-55-24-15-23-53(80)46-55;/h1-45,48H;/q-2;/i1D,3D,4D,19D,20D;. The van der Waals surface area contributed by atoms with Gasteiger partial charge in [-0.1, -0.05) is 206 Å². The summed E-state index contributed by atoms with van der Waals surface area (Å²) >= 11 is 0. The summed E-state index contributed by atoms with van der Waals surface area (Å²) in [5.74, 6) is 0. The van der Waals surface area contributed by atoms with Crippen LogP contribution in [0.3, 0.4) is 0 Å². The number of nitrogens with zero attached hydrogens (tertiary/aromatic N) is 6. The van der Waals surface area contributed by atoms with E-state index in [2.05, 4.69) is 224 Å². The molecular formula is C78H46N6OPt-2. The van der Waals surface area contributed by atoms with Gasteiger partial charge in [-0.25, -0.2) is 4.98 Å². The number of imidazole rings is 1. The van der Waals surface area contributed by atoms with Crippen molar-refractivity contribution >= 4 is 137 Å². The van der Waals surface area contributed by atoms with Crippen LogP contribution in [-0.2, 0) is 21.1 Å². The molecule has 406 valence electrons. The van der Waals surface area contributed by atoms with Crippen molar-refractivity contribution in [1.82, 2.24) is 22.6 Å². The molecule has 8 bridgehead atoms. The average molecular weight is 1280 g/mol. The molecule has 12 aromatic carbocycles. The second-order valence-corrected chi connectivity index (χ2v) is 21.5. The van der Waals surface area contributed by atoms with Gasteiger partial charge in [0.15, 0.2) is 0 Å². The van der Waals surface area contributed by atoms with Gasteiger partial charge in [-0.05, 0) is 91.8 Å². The average Bonchev–Trinajstić information content (AvgIpc) is 1.64. The van der Waals surface area contributed by atoms with Crippen molar-refractivity contribution in [3.05, 3.63) is 298 Å². The summed E-state index contributed by atoms with van der Waals surface area (Å²) in [5.41, 5.74) is 14.7. The van der Waals surface area contributed by atoms with E-state index in [1.165, 1.54) is 0 Å². The number of aromatic nitrogens is 6. The summed E-state index contributed by atoms with van der Waals surface area (Å²) in [6.07, 6.45) is 5.81. The van der Waals surface area contributed by atoms with Crippen LogP contribution in [0.25, 0.3) is 159 Å². The van der Waals surface area contributed by atoms with E-state index in [1.54, 1.807) is 0 Å². The van der Waals surface area contributed by atoms with Crippen molar-refractivity contribution in [3.8, 4) is 22.3 Å². The molecule has 0 amide bonds. The van der Waals surface area contributed by atoms with E-state index < -0.39 is 18.1 Å². The second kappa shape index (κ2) is 19.6. The maximum atomic E-state index is 9.13. The molecule has 7 aromatic heterocycles. The molecule has 19 aromatic rings. The van der Waals surface area contributed by atoms with Gasteiger partial charge in [0, 0.05) is 64.7 Å². The zero-order valence-corrected chi connectivity index (χ0v) is 47.9. The van der Waals surface area contributed by atoms with Gasteiger partial charge in [-0.15, -0.1) is 29.7 Å². The molecule has 0 saturated carbocycles. The molecule has 0 fully saturated rings. The Hall–Kier alpha value is -10.9. The van der Waals surface area contributed by atoms with Crippen molar-refractivity contribution in [1.29, 1.82) is 0 Å². The third-order valence-corrected chi connectivity index (χ3v) is 16.9. The van der Waals surface area contributed by atoms with E-state index in [-0.39, 0.29) is 38.7 Å². The molecule has 0 N–H and O–H groups in total. The van der Waals surface area contributed by atoms with E-state index in [9.17, 15) is 0 Å². The predicted molar refractivity (Wildman–Crippen MR) is 349 cm³/mol. The first-order chi connectivity index (χ1) is 44.3. The SMILES string of the molecule is [2H]c1c([2H])c([2H])c(-c2ccc3c(c2)n2[c-][n+]3c3c(-c4ccccc4)cccc3c3ccccc3c3cccc4c5ccccc5n(c5cccc6c7ccccc7n(c7ccc(nc7)n7c8[c-]c(ccc8c8ccccc87)oc7[c-]c2ccc7)c65)c34)c([2H])c1[2H].[Pt]. The molecule has 8 heteroatoms. The predicted octanol–water partition coefficient (Wildman–Crippen LogP) is 19.1. The monoisotopic (exact) mass is 1280 g/mol. The van der Waals surface area contributed by atoms with E-state index in [0.29, 0.717) is 33.4 Å². The third kappa shape index (κ3) is 7.51. The molecule has 0 aliphatic carbocycles. The molecule has 0 unspecified atom stereocenters. The summed E-state index contributed by atoms with van der Waals surface area (Å²) < 4.78 is 62.0. The Morgan fingerprint density at radius 2 is 1.00 bits per heavy atom. The van der Waals surface area contributed by atoms with Crippen molar-refractivity contribution in [2.45, 2.75) is 0 Å². The van der Waals surface area contributed by atoms with Gasteiger partial charge in [0.1, 0.15) is 5.65 Å². The van der Waals surface area contributed by atoms with Crippen molar-refractivity contribution in [2.24, 2.45) is 0 Å². The van der Waals surface area contributed by atoms with Crippen LogP contribution in [0.1, 0.15) is 6.85 Å². The first-order valence-electron chi connectivity index (χ1n) is 30.8. The van der Waals surface area contributed by atoms with Crippen molar-refractivity contribution in [3.63, 3.8) is 0 Å². The second-order valence-electron chi connectivity index (χ2n) is 21.5. The summed E-state index contributed by atoms with van der Waals surface area (Å²) in [6, 6.07) is 89.4. The normalized spacial score (nSPS) is 12.7. The quantitative estimate of drug-likeness (QED) is 0.128. The summed E-state index contributed by atoms with van der Waals surface area (Å²) in [4.78, 5) is 5.34. The molecule has 7 nitrogen and oxygen atoms in total. The molecule has 0 aliphatic rings. The maximum absolute atomic E-state index is 9.13. The number of fused-ring (bicyclic) bond motifs is 9. The summed E-state index contributed by atoms with van der Waals surface area (Å²) in [5, 5.41) is 10.4. The Kier molecular flexibility index (Phi) is 10.2. The number of hydrogen-bond donors (Lipinski definition) is 0. The van der Waals surface area contributed by atoms with Gasteiger partial charge in [-0.3, -0.25) is 4.40 Å². The van der Waals surface area contributed by atoms with Crippen LogP contribution in [0.4, 0.5) is 0 Å². The largest absolute Gasteiger partial charge is 0.510 e. The zero-order valence-electron chi connectivity index (χ0n) is 50.6. The first-order valence-corrected chi connectivity index (χ1v) is 28.3. The van der Waals surface area contributed by atoms with Crippen LogP contribution in [0, 0.1) is 18.5 Å². The van der Waals surface area contributed by atoms with Crippen LogP contribution >= 0.6 is 0 Å². The molecular weight excluding hydrogens is 1230 g/mol. The molecule has 0 aliphatic heterocycles. The molecule has 0 atom stereocenters. The Bertz CT molecular complexity index is 6400. The van der Waals surface area contributed by atoms with Gasteiger partial charge in [0.2, 0.25) is 0 Å². The minimum atomic E-state index is -0.456. The molecule has 19 rings (SSSR count). The Labute approximate surface area is 513 Å². The van der Waals surface area contributed by atoms with E-state index in [1.807, 2.05) is 65.2 Å². The fraction of sp³-hybridized carbons (Fsp3) is 0. The van der Waals surface area contributed by atoms with Crippen molar-refractivity contribution in [2.75, 3.05) is 0 Å². The number of benzene rings is 12. The number of para-hydroxylation sites is 6. The van der Waals surface area contributed by atoms with Crippen LogP contribution in [0.15, 0.2) is 283 Å². The van der Waals surface area contributed by atoms with Gasteiger partial charge in [0.05, 0.1) is 62.7 Å². The van der Waals surface area contributed by atoms with Crippen molar-refractivity contribution < 1.29 is 36.7 Å². The Balaban J connectivity index is 0.00000636. The molecule has 7 heterocycles. The minimum Gasteiger partial charge on any atom is -0.510 e. The fourth-order valence-corrected chi connectivity index (χ4v) is 13.3. The summed E-state index contributed by atoms with van der Waals surface area (Å²) in [7, 11) is 0. The zero-order chi connectivity index (χ0) is 60.0. The van der Waals surface area contributed by atoms with E-state index >= 15 is 0 Å².